The van der Waals surface area contributed by atoms with Gasteiger partial charge in [0.2, 0.25) is 0 Å². The second-order valence-corrected chi connectivity index (χ2v) is 8.58. The van der Waals surface area contributed by atoms with E-state index >= 15 is 0 Å². The molecule has 0 aromatic heterocycles. The van der Waals surface area contributed by atoms with E-state index < -0.39 is 18.2 Å². The van der Waals surface area contributed by atoms with Gasteiger partial charge < -0.3 is 15.3 Å². The van der Waals surface area contributed by atoms with Crippen molar-refractivity contribution < 1.29 is 20.1 Å². The lowest BCUT2D eigenvalue weighted by atomic mass is 9.62. The molecule has 3 N–H and O–H groups in total. The molecule has 1 aliphatic rings. The van der Waals surface area contributed by atoms with Gasteiger partial charge in [0.1, 0.15) is 0 Å². The fraction of sp³-hybridized carbons (Fsp3) is 0.864. The molecule has 0 aliphatic heterocycles. The number of hydrogen-bond acceptors (Lipinski definition) is 3. The number of carboxylic acids is 1. The molecule has 0 saturated heterocycles. The summed E-state index contributed by atoms with van der Waals surface area (Å²) in [5.74, 6) is -0.732. The molecule has 152 valence electrons. The number of carbonyl (C=O) groups is 1. The van der Waals surface area contributed by atoms with Crippen LogP contribution in [0.2, 0.25) is 0 Å². The monoisotopic (exact) mass is 368 g/mol. The SMILES string of the molecule is CCCCC/C=C/C[C@@]1(C)[C@H](O)C[C@H](O)[C@]1(C)CCCCCCC(=O)O. The summed E-state index contributed by atoms with van der Waals surface area (Å²) in [6.45, 7) is 6.44. The average Bonchev–Trinajstić information content (AvgIpc) is 2.75. The summed E-state index contributed by atoms with van der Waals surface area (Å²) in [5, 5.41) is 30.0. The predicted molar refractivity (Wildman–Crippen MR) is 106 cm³/mol. The highest BCUT2D eigenvalue weighted by molar-refractivity contribution is 5.66. The van der Waals surface area contributed by atoms with E-state index in [9.17, 15) is 15.0 Å². The molecule has 1 saturated carbocycles. The Kier molecular flexibility index (Phi) is 9.88. The molecule has 4 heteroatoms. The molecular weight excluding hydrogens is 328 g/mol. The molecular formula is C22H40O4. The summed E-state index contributed by atoms with van der Waals surface area (Å²) in [6.07, 6.45) is 14.2. The van der Waals surface area contributed by atoms with Crippen molar-refractivity contribution in [3.05, 3.63) is 12.2 Å². The van der Waals surface area contributed by atoms with Gasteiger partial charge in [-0.05, 0) is 32.1 Å². The van der Waals surface area contributed by atoms with Gasteiger partial charge in [0, 0.05) is 23.7 Å². The molecule has 1 aliphatic carbocycles. The first kappa shape index (κ1) is 23.2. The van der Waals surface area contributed by atoms with Crippen LogP contribution in [0.3, 0.4) is 0 Å². The molecule has 0 radical (unpaired) electrons. The topological polar surface area (TPSA) is 77.8 Å². The van der Waals surface area contributed by atoms with E-state index in [-0.39, 0.29) is 17.3 Å². The molecule has 1 fully saturated rings. The second kappa shape index (κ2) is 11.1. The number of aliphatic hydroxyl groups excluding tert-OH is 2. The largest absolute Gasteiger partial charge is 0.481 e. The van der Waals surface area contributed by atoms with Gasteiger partial charge >= 0.3 is 5.97 Å². The Balaban J connectivity index is 2.56. The molecule has 0 unspecified atom stereocenters. The van der Waals surface area contributed by atoms with Crippen LogP contribution in [-0.4, -0.2) is 33.5 Å². The lowest BCUT2D eigenvalue weighted by Crippen LogP contribution is -2.43. The normalized spacial score (nSPS) is 31.7. The Morgan fingerprint density at radius 2 is 1.62 bits per heavy atom. The van der Waals surface area contributed by atoms with Crippen molar-refractivity contribution in [2.75, 3.05) is 0 Å². The van der Waals surface area contributed by atoms with E-state index in [1.54, 1.807) is 0 Å². The van der Waals surface area contributed by atoms with E-state index in [4.69, 9.17) is 5.11 Å². The van der Waals surface area contributed by atoms with Crippen LogP contribution in [0, 0.1) is 10.8 Å². The zero-order valence-corrected chi connectivity index (χ0v) is 17.0. The third-order valence-corrected chi connectivity index (χ3v) is 6.74. The standard InChI is InChI=1S/C22H40O4/c1-4-5-6-7-9-12-15-21(2)18(23)17-19(24)22(21,3)16-13-10-8-11-14-20(25)26/h9,12,18-19,23-24H,4-8,10-11,13-17H2,1-3H3,(H,25,26)/b12-9+/t18-,19+,21+,22+/m1/s1. The fourth-order valence-corrected chi connectivity index (χ4v) is 4.39. The molecule has 0 aromatic rings. The maximum atomic E-state index is 10.6. The number of carboxylic acid groups (broad SMARTS) is 1. The summed E-state index contributed by atoms with van der Waals surface area (Å²) in [7, 11) is 0. The van der Waals surface area contributed by atoms with E-state index in [1.165, 1.54) is 19.3 Å². The smallest absolute Gasteiger partial charge is 0.303 e. The predicted octanol–water partition coefficient (Wildman–Crippen LogP) is 5.08. The van der Waals surface area contributed by atoms with Crippen molar-refractivity contribution in [1.29, 1.82) is 0 Å². The Labute approximate surface area is 159 Å². The lowest BCUT2D eigenvalue weighted by Gasteiger charge is -2.44. The molecule has 0 aromatic carbocycles. The Bertz CT molecular complexity index is 447. The molecule has 4 nitrogen and oxygen atoms in total. The minimum Gasteiger partial charge on any atom is -0.481 e. The van der Waals surface area contributed by atoms with Crippen LogP contribution in [-0.2, 0) is 4.79 Å². The number of aliphatic hydroxyl groups is 2. The molecule has 4 atom stereocenters. The van der Waals surface area contributed by atoms with Crippen molar-refractivity contribution in [1.82, 2.24) is 0 Å². The van der Waals surface area contributed by atoms with Crippen molar-refractivity contribution in [2.45, 2.75) is 110 Å². The van der Waals surface area contributed by atoms with Crippen LogP contribution in [0.5, 0.6) is 0 Å². The lowest BCUT2D eigenvalue weighted by molar-refractivity contribution is -0.137. The molecule has 26 heavy (non-hydrogen) atoms. The Morgan fingerprint density at radius 1 is 0.962 bits per heavy atom. The van der Waals surface area contributed by atoms with Crippen molar-refractivity contribution in [2.24, 2.45) is 10.8 Å². The second-order valence-electron chi connectivity index (χ2n) is 8.58. The Morgan fingerprint density at radius 3 is 2.27 bits per heavy atom. The van der Waals surface area contributed by atoms with Gasteiger partial charge in [-0.25, -0.2) is 0 Å². The third kappa shape index (κ3) is 6.09. The number of aliphatic carboxylic acids is 1. The summed E-state index contributed by atoms with van der Waals surface area (Å²) in [4.78, 5) is 10.6. The highest BCUT2D eigenvalue weighted by Crippen LogP contribution is 2.57. The highest BCUT2D eigenvalue weighted by Gasteiger charge is 2.57. The molecule has 1 rings (SSSR count). The van der Waals surface area contributed by atoms with E-state index in [0.717, 1.165) is 44.9 Å². The molecule has 0 heterocycles. The van der Waals surface area contributed by atoms with E-state index in [2.05, 4.69) is 32.9 Å². The minimum atomic E-state index is -0.732. The zero-order chi connectivity index (χ0) is 19.6. The maximum absolute atomic E-state index is 10.6. The highest BCUT2D eigenvalue weighted by atomic mass is 16.4. The minimum absolute atomic E-state index is 0.235. The number of hydrogen-bond donors (Lipinski definition) is 3. The van der Waals surface area contributed by atoms with Crippen LogP contribution in [0.1, 0.15) is 97.8 Å². The van der Waals surface area contributed by atoms with Crippen molar-refractivity contribution in [3.63, 3.8) is 0 Å². The Hall–Kier alpha value is -0.870. The van der Waals surface area contributed by atoms with Gasteiger partial charge in [-0.15, -0.1) is 0 Å². The van der Waals surface area contributed by atoms with Gasteiger partial charge in [0.25, 0.3) is 0 Å². The maximum Gasteiger partial charge on any atom is 0.303 e. The summed E-state index contributed by atoms with van der Waals surface area (Å²) in [6, 6.07) is 0. The fourth-order valence-electron chi connectivity index (χ4n) is 4.39. The van der Waals surface area contributed by atoms with Gasteiger partial charge in [0.05, 0.1) is 12.2 Å². The first-order valence-electron chi connectivity index (χ1n) is 10.5. The van der Waals surface area contributed by atoms with Crippen molar-refractivity contribution in [3.8, 4) is 0 Å². The number of allylic oxidation sites excluding steroid dienone is 2. The van der Waals surface area contributed by atoms with Gasteiger partial charge in [-0.2, -0.15) is 0 Å². The first-order chi connectivity index (χ1) is 12.3. The number of rotatable bonds is 13. The van der Waals surface area contributed by atoms with Crippen molar-refractivity contribution >= 4 is 5.97 Å². The number of unbranched alkanes of at least 4 members (excludes halogenated alkanes) is 6. The quantitative estimate of drug-likeness (QED) is 0.313. The van der Waals surface area contributed by atoms with E-state index in [1.807, 2.05) is 0 Å². The third-order valence-electron chi connectivity index (χ3n) is 6.74. The zero-order valence-electron chi connectivity index (χ0n) is 17.0. The molecule has 0 spiro atoms. The van der Waals surface area contributed by atoms with Gasteiger partial charge in [-0.1, -0.05) is 65.0 Å². The van der Waals surface area contributed by atoms with Gasteiger partial charge in [0.15, 0.2) is 0 Å². The van der Waals surface area contributed by atoms with Crippen LogP contribution in [0.15, 0.2) is 12.2 Å². The summed E-state index contributed by atoms with van der Waals surface area (Å²) >= 11 is 0. The van der Waals surface area contributed by atoms with Crippen LogP contribution in [0.25, 0.3) is 0 Å². The van der Waals surface area contributed by atoms with Gasteiger partial charge in [-0.3, -0.25) is 4.79 Å². The van der Waals surface area contributed by atoms with Crippen LogP contribution >= 0.6 is 0 Å². The molecule has 0 bridgehead atoms. The van der Waals surface area contributed by atoms with Crippen LogP contribution < -0.4 is 0 Å². The van der Waals surface area contributed by atoms with E-state index in [0.29, 0.717) is 6.42 Å². The summed E-state index contributed by atoms with van der Waals surface area (Å²) in [5.41, 5.74) is -0.609. The van der Waals surface area contributed by atoms with Crippen LogP contribution in [0.4, 0.5) is 0 Å². The summed E-state index contributed by atoms with van der Waals surface area (Å²) < 4.78 is 0. The molecule has 0 amide bonds. The first-order valence-corrected chi connectivity index (χ1v) is 10.5. The average molecular weight is 369 g/mol.